The van der Waals surface area contributed by atoms with E-state index in [1.807, 2.05) is 35.0 Å². The van der Waals surface area contributed by atoms with Crippen LogP contribution in [0.15, 0.2) is 42.7 Å². The summed E-state index contributed by atoms with van der Waals surface area (Å²) in [4.78, 5) is 16.7. The van der Waals surface area contributed by atoms with Crippen molar-refractivity contribution in [3.63, 3.8) is 0 Å². The summed E-state index contributed by atoms with van der Waals surface area (Å²) in [5, 5.41) is 22.1. The van der Waals surface area contributed by atoms with Crippen molar-refractivity contribution in [2.24, 2.45) is 0 Å². The minimum Gasteiger partial charge on any atom is -0.388 e. The van der Waals surface area contributed by atoms with Crippen LogP contribution in [-0.2, 0) is 9.63 Å². The largest absolute Gasteiger partial charge is 0.388 e. The maximum Gasteiger partial charge on any atom is 0.381 e. The van der Waals surface area contributed by atoms with Crippen molar-refractivity contribution in [2.45, 2.75) is 18.2 Å². The molecule has 0 radical (unpaired) electrons. The number of pyridine rings is 2. The van der Waals surface area contributed by atoms with E-state index in [-0.39, 0.29) is 6.42 Å². The van der Waals surface area contributed by atoms with Crippen LogP contribution in [0.5, 0.6) is 0 Å². The topological polar surface area (TPSA) is 94.9 Å². The predicted molar refractivity (Wildman–Crippen MR) is 72.9 cm³/mol. The molecule has 0 bridgehead atoms. The third-order valence-corrected chi connectivity index (χ3v) is 3.51. The van der Waals surface area contributed by atoms with E-state index < -0.39 is 17.8 Å². The summed E-state index contributed by atoms with van der Waals surface area (Å²) in [6.45, 7) is 0.347. The van der Waals surface area contributed by atoms with Crippen LogP contribution in [0.25, 0.3) is 5.52 Å². The SMILES string of the molecule is O=C(ONc1cc[n+]2ccccc2c1)[C@@]1(O)NCCC1O. The van der Waals surface area contributed by atoms with Gasteiger partial charge < -0.3 is 15.1 Å². The van der Waals surface area contributed by atoms with Gasteiger partial charge in [0.25, 0.3) is 0 Å². The van der Waals surface area contributed by atoms with Crippen LogP contribution in [0.4, 0.5) is 5.69 Å². The fraction of sp³-hybridized carbons (Fsp3) is 0.286. The molecule has 4 N–H and O–H groups in total. The number of aliphatic hydroxyl groups is 2. The van der Waals surface area contributed by atoms with Crippen molar-refractivity contribution in [2.75, 3.05) is 12.0 Å². The van der Waals surface area contributed by atoms with Crippen LogP contribution in [0, 0.1) is 0 Å². The molecule has 0 saturated carbocycles. The maximum atomic E-state index is 11.9. The zero-order chi connectivity index (χ0) is 14.9. The molecule has 1 saturated heterocycles. The number of aliphatic hydroxyl groups excluding tert-OH is 1. The number of hydrogen-bond donors (Lipinski definition) is 4. The second kappa shape index (κ2) is 5.28. The second-order valence-electron chi connectivity index (χ2n) is 4.94. The monoisotopic (exact) mass is 290 g/mol. The van der Waals surface area contributed by atoms with Crippen LogP contribution in [-0.4, -0.2) is 34.6 Å². The number of fused-ring (bicyclic) bond motifs is 1. The Morgan fingerprint density at radius 3 is 3.05 bits per heavy atom. The van der Waals surface area contributed by atoms with Crippen molar-refractivity contribution in [1.82, 2.24) is 5.32 Å². The van der Waals surface area contributed by atoms with Gasteiger partial charge in [0.1, 0.15) is 6.10 Å². The Morgan fingerprint density at radius 2 is 2.29 bits per heavy atom. The molecule has 21 heavy (non-hydrogen) atoms. The average Bonchev–Trinajstić information content (AvgIpc) is 2.85. The number of anilines is 1. The van der Waals surface area contributed by atoms with Crippen molar-refractivity contribution in [3.8, 4) is 0 Å². The molecule has 0 amide bonds. The number of carbonyl (C=O) groups excluding carboxylic acids is 1. The lowest BCUT2D eigenvalue weighted by Crippen LogP contribution is -2.55. The van der Waals surface area contributed by atoms with Gasteiger partial charge in [0, 0.05) is 30.8 Å². The average molecular weight is 290 g/mol. The summed E-state index contributed by atoms with van der Waals surface area (Å²) in [5.74, 6) is -0.965. The van der Waals surface area contributed by atoms with Gasteiger partial charge >= 0.3 is 5.97 Å². The van der Waals surface area contributed by atoms with E-state index in [2.05, 4.69) is 10.8 Å². The van der Waals surface area contributed by atoms with E-state index in [4.69, 9.17) is 4.84 Å². The zero-order valence-electron chi connectivity index (χ0n) is 11.2. The summed E-state index contributed by atoms with van der Waals surface area (Å²) in [5.41, 5.74) is 1.90. The summed E-state index contributed by atoms with van der Waals surface area (Å²) in [7, 11) is 0. The van der Waals surface area contributed by atoms with E-state index in [1.54, 1.807) is 12.1 Å². The standard InChI is InChI=1S/C14H15N3O4/c18-12-4-6-15-14(12,20)13(19)21-16-10-5-8-17-7-2-1-3-11(17)9-10/h1-3,5,7-9,12,15,18,20H,4,6H2/p+1/t12?,14-/m1/s1. The van der Waals surface area contributed by atoms with Crippen molar-refractivity contribution in [1.29, 1.82) is 0 Å². The molecule has 2 aromatic heterocycles. The summed E-state index contributed by atoms with van der Waals surface area (Å²) < 4.78 is 1.91. The van der Waals surface area contributed by atoms with E-state index in [0.29, 0.717) is 12.2 Å². The molecule has 1 unspecified atom stereocenters. The van der Waals surface area contributed by atoms with Crippen LogP contribution in [0.1, 0.15) is 6.42 Å². The molecule has 0 aromatic carbocycles. The van der Waals surface area contributed by atoms with E-state index in [1.165, 1.54) is 0 Å². The molecule has 3 heterocycles. The molecule has 0 aliphatic carbocycles. The lowest BCUT2D eigenvalue weighted by Gasteiger charge is -2.23. The number of hydrogen-bond acceptors (Lipinski definition) is 6. The number of carbonyl (C=O) groups is 1. The highest BCUT2D eigenvalue weighted by atomic mass is 16.7. The number of nitrogens with zero attached hydrogens (tertiary/aromatic N) is 1. The summed E-state index contributed by atoms with van der Waals surface area (Å²) >= 11 is 0. The quantitative estimate of drug-likeness (QED) is 0.443. The van der Waals surface area contributed by atoms with Crippen molar-refractivity contribution >= 4 is 17.2 Å². The van der Waals surface area contributed by atoms with Crippen molar-refractivity contribution in [3.05, 3.63) is 42.7 Å². The van der Waals surface area contributed by atoms with Gasteiger partial charge in [-0.05, 0) is 12.5 Å². The highest BCUT2D eigenvalue weighted by Gasteiger charge is 2.49. The first-order chi connectivity index (χ1) is 10.1. The van der Waals surface area contributed by atoms with Gasteiger partial charge in [0.2, 0.25) is 11.2 Å². The first-order valence-corrected chi connectivity index (χ1v) is 6.62. The molecule has 3 rings (SSSR count). The third kappa shape index (κ3) is 2.54. The fourth-order valence-corrected chi connectivity index (χ4v) is 2.28. The van der Waals surface area contributed by atoms with Crippen LogP contribution in [0.3, 0.4) is 0 Å². The lowest BCUT2D eigenvalue weighted by atomic mass is 10.1. The van der Waals surface area contributed by atoms with Gasteiger partial charge in [-0.25, -0.2) is 10.3 Å². The van der Waals surface area contributed by atoms with E-state index in [0.717, 1.165) is 5.52 Å². The predicted octanol–water partition coefficient (Wildman–Crippen LogP) is -0.662. The summed E-state index contributed by atoms with van der Waals surface area (Å²) in [6, 6.07) is 9.22. The van der Waals surface area contributed by atoms with Gasteiger partial charge in [0.15, 0.2) is 12.4 Å². The number of nitrogens with one attached hydrogen (secondary N) is 2. The molecule has 110 valence electrons. The highest BCUT2D eigenvalue weighted by molar-refractivity contribution is 5.80. The van der Waals surface area contributed by atoms with Crippen LogP contribution < -0.4 is 15.2 Å². The molecule has 7 nitrogen and oxygen atoms in total. The van der Waals surface area contributed by atoms with Gasteiger partial charge in [-0.1, -0.05) is 0 Å². The Labute approximate surface area is 120 Å². The molecular formula is C14H16N3O4+. The Morgan fingerprint density at radius 1 is 1.43 bits per heavy atom. The smallest absolute Gasteiger partial charge is 0.381 e. The molecule has 2 atom stereocenters. The Bertz CT molecular complexity index is 678. The number of rotatable bonds is 3. The minimum atomic E-state index is -2.06. The van der Waals surface area contributed by atoms with Crippen LogP contribution >= 0.6 is 0 Å². The van der Waals surface area contributed by atoms with Gasteiger partial charge in [0.05, 0.1) is 5.69 Å². The first kappa shape index (κ1) is 13.7. The third-order valence-electron chi connectivity index (χ3n) is 3.51. The molecule has 1 fully saturated rings. The molecular weight excluding hydrogens is 274 g/mol. The second-order valence-corrected chi connectivity index (χ2v) is 4.94. The molecule has 2 aromatic rings. The fourth-order valence-electron chi connectivity index (χ4n) is 2.28. The molecule has 1 aliphatic heterocycles. The Kier molecular flexibility index (Phi) is 3.46. The van der Waals surface area contributed by atoms with Gasteiger partial charge in [-0.2, -0.15) is 4.40 Å². The van der Waals surface area contributed by atoms with E-state index >= 15 is 0 Å². The van der Waals surface area contributed by atoms with Crippen LogP contribution in [0.2, 0.25) is 0 Å². The summed E-state index contributed by atoms with van der Waals surface area (Å²) in [6.07, 6.45) is 2.81. The molecule has 7 heteroatoms. The maximum absolute atomic E-state index is 11.9. The molecule has 0 spiro atoms. The van der Waals surface area contributed by atoms with E-state index in [9.17, 15) is 15.0 Å². The highest BCUT2D eigenvalue weighted by Crippen LogP contribution is 2.19. The van der Waals surface area contributed by atoms with Gasteiger partial charge in [-0.3, -0.25) is 5.32 Å². The minimum absolute atomic E-state index is 0.290. The number of aromatic nitrogens is 1. The molecule has 1 aliphatic rings. The van der Waals surface area contributed by atoms with Gasteiger partial charge in [-0.15, -0.1) is 0 Å². The Balaban J connectivity index is 1.70. The Hall–Kier alpha value is -2.22. The lowest BCUT2D eigenvalue weighted by molar-refractivity contribution is -0.511. The first-order valence-electron chi connectivity index (χ1n) is 6.62. The normalized spacial score (nSPS) is 25.0. The zero-order valence-corrected chi connectivity index (χ0v) is 11.2. The van der Waals surface area contributed by atoms with Crippen molar-refractivity contribution < 1.29 is 24.2 Å².